The maximum Gasteiger partial charge on any atom is 0.125 e. The van der Waals surface area contributed by atoms with Gasteiger partial charge in [-0.1, -0.05) is 39.5 Å². The molecule has 2 rings (SSSR count). The Balaban J connectivity index is 2.37. The van der Waals surface area contributed by atoms with Crippen LogP contribution in [-0.4, -0.2) is 18.6 Å². The van der Waals surface area contributed by atoms with Gasteiger partial charge in [-0.2, -0.15) is 0 Å². The molecule has 1 saturated carbocycles. The fourth-order valence-corrected chi connectivity index (χ4v) is 4.72. The first kappa shape index (κ1) is 16.9. The van der Waals surface area contributed by atoms with Crippen LogP contribution >= 0.6 is 11.3 Å². The van der Waals surface area contributed by atoms with Gasteiger partial charge in [-0.05, 0) is 32.7 Å². The second-order valence-electron chi connectivity index (χ2n) is 6.35. The molecule has 1 aliphatic rings. The average Bonchev–Trinajstić information content (AvgIpc) is 2.73. The zero-order valence-corrected chi connectivity index (χ0v) is 14.8. The summed E-state index contributed by atoms with van der Waals surface area (Å²) in [5.41, 5.74) is 1.14. The van der Waals surface area contributed by atoms with Crippen molar-refractivity contribution >= 4 is 11.3 Å². The number of hydrogen-bond donors (Lipinski definition) is 1. The van der Waals surface area contributed by atoms with Gasteiger partial charge in [-0.15, -0.1) is 11.3 Å². The molecule has 1 aliphatic carbocycles. The van der Waals surface area contributed by atoms with E-state index in [2.05, 4.69) is 26.1 Å². The van der Waals surface area contributed by atoms with E-state index in [9.17, 15) is 0 Å². The zero-order valence-electron chi connectivity index (χ0n) is 14.0. The van der Waals surface area contributed by atoms with Crippen molar-refractivity contribution in [2.24, 2.45) is 0 Å². The van der Waals surface area contributed by atoms with E-state index < -0.39 is 0 Å². The highest BCUT2D eigenvalue weighted by Crippen LogP contribution is 2.42. The minimum Gasteiger partial charge on any atom is -0.368 e. The molecule has 1 aromatic heterocycles. The smallest absolute Gasteiger partial charge is 0.125 e. The Labute approximate surface area is 133 Å². The lowest BCUT2D eigenvalue weighted by Crippen LogP contribution is -2.29. The molecule has 1 heterocycles. The fraction of sp³-hybridized carbons (Fsp3) is 0.824. The van der Waals surface area contributed by atoms with Gasteiger partial charge in [0.15, 0.2) is 0 Å². The molecule has 21 heavy (non-hydrogen) atoms. The minimum atomic E-state index is -0.119. The van der Waals surface area contributed by atoms with E-state index in [1.807, 2.05) is 18.4 Å². The quantitative estimate of drug-likeness (QED) is 0.781. The van der Waals surface area contributed by atoms with E-state index in [0.717, 1.165) is 26.0 Å². The van der Waals surface area contributed by atoms with Crippen molar-refractivity contribution in [2.45, 2.75) is 77.4 Å². The molecule has 0 spiro atoms. The van der Waals surface area contributed by atoms with Gasteiger partial charge in [0.05, 0.1) is 5.69 Å². The molecule has 0 saturated heterocycles. The molecule has 1 aromatic rings. The van der Waals surface area contributed by atoms with Gasteiger partial charge in [-0.3, -0.25) is 0 Å². The average molecular weight is 311 g/mol. The van der Waals surface area contributed by atoms with Gasteiger partial charge < -0.3 is 10.1 Å². The Hall–Kier alpha value is -0.450. The highest BCUT2D eigenvalue weighted by Gasteiger charge is 2.37. The van der Waals surface area contributed by atoms with Gasteiger partial charge in [0.2, 0.25) is 0 Å². The van der Waals surface area contributed by atoms with E-state index in [1.54, 1.807) is 0 Å². The summed E-state index contributed by atoms with van der Waals surface area (Å²) in [6.07, 6.45) is 7.45. The largest absolute Gasteiger partial charge is 0.368 e. The molecule has 4 heteroatoms. The number of nitrogens with zero attached hydrogens (tertiary/aromatic N) is 1. The maximum absolute atomic E-state index is 6.29. The Bertz CT molecular complexity index is 434. The number of hydrogen-bond acceptors (Lipinski definition) is 4. The predicted molar refractivity (Wildman–Crippen MR) is 90.0 cm³/mol. The number of ether oxygens (including phenoxy) is 1. The molecule has 0 unspecified atom stereocenters. The molecule has 0 aromatic carbocycles. The topological polar surface area (TPSA) is 34.1 Å². The summed E-state index contributed by atoms with van der Waals surface area (Å²) < 4.78 is 6.29. The standard InChI is InChI=1S/C17H30N2OS/c1-5-20-17(10-8-6-7-9-11-17)16-19-15(13(2)3)14(21-16)12-18-4/h13,18H,5-12H2,1-4H3. The van der Waals surface area contributed by atoms with Crippen LogP contribution in [0.5, 0.6) is 0 Å². The van der Waals surface area contributed by atoms with Gasteiger partial charge in [0.1, 0.15) is 10.6 Å². The van der Waals surface area contributed by atoms with Crippen LogP contribution < -0.4 is 5.32 Å². The van der Waals surface area contributed by atoms with Crippen molar-refractivity contribution in [1.29, 1.82) is 0 Å². The van der Waals surface area contributed by atoms with Crippen LogP contribution in [-0.2, 0) is 16.9 Å². The van der Waals surface area contributed by atoms with Crippen LogP contribution in [0.15, 0.2) is 0 Å². The Morgan fingerprint density at radius 3 is 2.43 bits per heavy atom. The lowest BCUT2D eigenvalue weighted by molar-refractivity contribution is -0.0560. The number of aromatic nitrogens is 1. The molecule has 0 aliphatic heterocycles. The van der Waals surface area contributed by atoms with E-state index >= 15 is 0 Å². The molecular formula is C17H30N2OS. The Kier molecular flexibility index (Phi) is 6.20. The summed E-state index contributed by atoms with van der Waals surface area (Å²) in [5, 5.41) is 4.50. The SMILES string of the molecule is CCOC1(c2nc(C(C)C)c(CNC)s2)CCCCCC1. The Morgan fingerprint density at radius 2 is 1.90 bits per heavy atom. The monoisotopic (exact) mass is 310 g/mol. The van der Waals surface area contributed by atoms with Crippen molar-refractivity contribution < 1.29 is 4.74 Å². The van der Waals surface area contributed by atoms with Crippen molar-refractivity contribution in [3.8, 4) is 0 Å². The fourth-order valence-electron chi connectivity index (χ4n) is 3.29. The van der Waals surface area contributed by atoms with Crippen molar-refractivity contribution in [3.63, 3.8) is 0 Å². The molecule has 0 radical (unpaired) electrons. The molecule has 0 amide bonds. The molecular weight excluding hydrogens is 280 g/mol. The maximum atomic E-state index is 6.29. The summed E-state index contributed by atoms with van der Waals surface area (Å²) in [6.45, 7) is 8.26. The first-order valence-electron chi connectivity index (χ1n) is 8.41. The van der Waals surface area contributed by atoms with E-state index in [-0.39, 0.29) is 5.60 Å². The molecule has 0 bridgehead atoms. The number of nitrogens with one attached hydrogen (secondary N) is 1. The minimum absolute atomic E-state index is 0.119. The summed E-state index contributed by atoms with van der Waals surface area (Å²) in [5.74, 6) is 0.475. The van der Waals surface area contributed by atoms with Crippen LogP contribution in [0.1, 0.15) is 80.8 Å². The predicted octanol–water partition coefficient (Wildman–Crippen LogP) is 4.57. The van der Waals surface area contributed by atoms with Gasteiger partial charge in [0, 0.05) is 18.0 Å². The van der Waals surface area contributed by atoms with Crippen LogP contribution in [0.25, 0.3) is 0 Å². The molecule has 0 atom stereocenters. The first-order chi connectivity index (χ1) is 10.1. The van der Waals surface area contributed by atoms with E-state index in [0.29, 0.717) is 5.92 Å². The van der Waals surface area contributed by atoms with Crippen molar-refractivity contribution in [2.75, 3.05) is 13.7 Å². The molecule has 1 N–H and O–H groups in total. The number of thiazole rings is 1. The van der Waals surface area contributed by atoms with Gasteiger partial charge >= 0.3 is 0 Å². The second kappa shape index (κ2) is 7.70. The number of rotatable bonds is 6. The normalized spacial score (nSPS) is 18.9. The third-order valence-electron chi connectivity index (χ3n) is 4.33. The third kappa shape index (κ3) is 3.85. The van der Waals surface area contributed by atoms with E-state index in [4.69, 9.17) is 9.72 Å². The van der Waals surface area contributed by atoms with Crippen LogP contribution in [0, 0.1) is 0 Å². The van der Waals surface area contributed by atoms with E-state index in [1.165, 1.54) is 41.3 Å². The highest BCUT2D eigenvalue weighted by atomic mass is 32.1. The second-order valence-corrected chi connectivity index (χ2v) is 7.44. The highest BCUT2D eigenvalue weighted by molar-refractivity contribution is 7.11. The lowest BCUT2D eigenvalue weighted by Gasteiger charge is -2.30. The summed E-state index contributed by atoms with van der Waals surface area (Å²) in [7, 11) is 2.01. The van der Waals surface area contributed by atoms with Crippen LogP contribution in [0.3, 0.4) is 0 Å². The summed E-state index contributed by atoms with van der Waals surface area (Å²) >= 11 is 1.87. The molecule has 1 fully saturated rings. The zero-order chi connectivity index (χ0) is 15.3. The van der Waals surface area contributed by atoms with Gasteiger partial charge in [-0.25, -0.2) is 4.98 Å². The first-order valence-corrected chi connectivity index (χ1v) is 9.23. The van der Waals surface area contributed by atoms with Crippen molar-refractivity contribution in [3.05, 3.63) is 15.6 Å². The molecule has 120 valence electrons. The van der Waals surface area contributed by atoms with Crippen LogP contribution in [0.4, 0.5) is 0 Å². The summed E-state index contributed by atoms with van der Waals surface area (Å²) in [6, 6.07) is 0. The summed E-state index contributed by atoms with van der Waals surface area (Å²) in [4.78, 5) is 6.42. The third-order valence-corrected chi connectivity index (χ3v) is 5.59. The van der Waals surface area contributed by atoms with Crippen LogP contribution in [0.2, 0.25) is 0 Å². The Morgan fingerprint density at radius 1 is 1.24 bits per heavy atom. The molecule has 3 nitrogen and oxygen atoms in total. The van der Waals surface area contributed by atoms with Gasteiger partial charge in [0.25, 0.3) is 0 Å². The lowest BCUT2D eigenvalue weighted by atomic mass is 9.94. The van der Waals surface area contributed by atoms with Crippen molar-refractivity contribution in [1.82, 2.24) is 10.3 Å².